The minimum atomic E-state index is -3.00. The Balaban J connectivity index is 0. The molecule has 0 spiro atoms. The number of unbranched alkanes of at least 4 members (excludes halogenated alkanes) is 2. The van der Waals surface area contributed by atoms with E-state index in [9.17, 15) is 8.42 Å². The minimum Gasteiger partial charge on any atom is -0.224 e. The number of sulfone groups is 1. The molecule has 0 aliphatic rings. The smallest absolute Gasteiger partial charge is 0.175 e. The van der Waals surface area contributed by atoms with E-state index in [1.807, 2.05) is 0 Å². The quantitative estimate of drug-likeness (QED) is 0.628. The maximum absolute atomic E-state index is 10.8. The van der Waals surface area contributed by atoms with E-state index in [4.69, 9.17) is 11.6 Å². The molecule has 0 aliphatic carbocycles. The van der Waals surface area contributed by atoms with Crippen molar-refractivity contribution in [3.05, 3.63) is 30.3 Å². The van der Waals surface area contributed by atoms with Gasteiger partial charge in [0.15, 0.2) is 9.84 Å². The fourth-order valence-corrected chi connectivity index (χ4v) is 1.85. The zero-order valence-corrected chi connectivity index (χ0v) is 12.9. The molecule has 0 aliphatic heterocycles. The third-order valence-electron chi connectivity index (χ3n) is 1.91. The zero-order chi connectivity index (χ0) is 12.4. The second kappa shape index (κ2) is 10.9. The number of rotatable bonds is 4. The van der Waals surface area contributed by atoms with E-state index >= 15 is 0 Å². The van der Waals surface area contributed by atoms with Crippen molar-refractivity contribution in [3.8, 4) is 0 Å². The Morgan fingerprint density at radius 1 is 1.12 bits per heavy atom. The van der Waals surface area contributed by atoms with Gasteiger partial charge in [0.05, 0.1) is 4.90 Å². The van der Waals surface area contributed by atoms with Crippen molar-refractivity contribution in [3.63, 3.8) is 0 Å². The molecule has 0 aromatic heterocycles. The molecule has 2 nitrogen and oxygen atoms in total. The lowest BCUT2D eigenvalue weighted by Gasteiger charge is -1.93. The molecular formula is C12H21ClO2S2. The van der Waals surface area contributed by atoms with Gasteiger partial charge in [-0.1, -0.05) is 38.0 Å². The van der Waals surface area contributed by atoms with Crippen LogP contribution in [0.25, 0.3) is 0 Å². The second-order valence-corrected chi connectivity index (χ2v) is 5.88. The van der Waals surface area contributed by atoms with Crippen molar-refractivity contribution in [2.75, 3.05) is 12.1 Å². The van der Waals surface area contributed by atoms with Crippen LogP contribution in [0.2, 0.25) is 0 Å². The molecule has 1 aromatic rings. The number of halogens is 1. The van der Waals surface area contributed by atoms with Crippen molar-refractivity contribution in [2.45, 2.75) is 31.1 Å². The van der Waals surface area contributed by atoms with Gasteiger partial charge in [-0.05, 0) is 18.6 Å². The van der Waals surface area contributed by atoms with E-state index in [1.54, 1.807) is 30.3 Å². The highest BCUT2D eigenvalue weighted by Crippen LogP contribution is 2.05. The van der Waals surface area contributed by atoms with Crippen LogP contribution in [0, 0.1) is 0 Å². The van der Waals surface area contributed by atoms with Gasteiger partial charge in [-0.25, -0.2) is 8.42 Å². The SMILES string of the molecule is CCCCCCl.CS(=O)(=O)c1ccccc1.S. The molecule has 0 radical (unpaired) electrons. The molecule has 0 fully saturated rings. The summed E-state index contributed by atoms with van der Waals surface area (Å²) >= 11 is 5.38. The Bertz CT molecular complexity index is 359. The third kappa shape index (κ3) is 10.7. The Morgan fingerprint density at radius 2 is 1.65 bits per heavy atom. The van der Waals surface area contributed by atoms with Gasteiger partial charge in [0.1, 0.15) is 0 Å². The largest absolute Gasteiger partial charge is 0.224 e. The molecule has 0 N–H and O–H groups in total. The summed E-state index contributed by atoms with van der Waals surface area (Å²) < 4.78 is 21.7. The van der Waals surface area contributed by atoms with Gasteiger partial charge in [0, 0.05) is 12.1 Å². The number of benzene rings is 1. The van der Waals surface area contributed by atoms with Crippen LogP contribution in [0.5, 0.6) is 0 Å². The highest BCUT2D eigenvalue weighted by atomic mass is 35.5. The first-order valence-electron chi connectivity index (χ1n) is 5.33. The summed E-state index contributed by atoms with van der Waals surface area (Å²) in [7, 11) is -3.00. The average molecular weight is 297 g/mol. The number of hydrogen-bond donors (Lipinski definition) is 0. The minimum absolute atomic E-state index is 0. The monoisotopic (exact) mass is 296 g/mol. The summed E-state index contributed by atoms with van der Waals surface area (Å²) in [6.45, 7) is 2.17. The van der Waals surface area contributed by atoms with Gasteiger partial charge in [-0.2, -0.15) is 13.5 Å². The normalized spacial score (nSPS) is 9.82. The van der Waals surface area contributed by atoms with Gasteiger partial charge >= 0.3 is 0 Å². The van der Waals surface area contributed by atoms with Crippen LogP contribution in [0.1, 0.15) is 26.2 Å². The Morgan fingerprint density at radius 3 is 1.88 bits per heavy atom. The predicted molar refractivity (Wildman–Crippen MR) is 80.2 cm³/mol. The topological polar surface area (TPSA) is 34.1 Å². The predicted octanol–water partition coefficient (Wildman–Crippen LogP) is 3.62. The van der Waals surface area contributed by atoms with Crippen LogP contribution in [0.15, 0.2) is 35.2 Å². The van der Waals surface area contributed by atoms with Crippen molar-refractivity contribution in [2.24, 2.45) is 0 Å². The maximum Gasteiger partial charge on any atom is 0.175 e. The molecule has 1 aromatic carbocycles. The summed E-state index contributed by atoms with van der Waals surface area (Å²) in [6, 6.07) is 8.35. The van der Waals surface area contributed by atoms with E-state index in [-0.39, 0.29) is 13.5 Å². The first-order chi connectivity index (χ1) is 7.52. The van der Waals surface area contributed by atoms with Crippen LogP contribution >= 0.6 is 25.1 Å². The van der Waals surface area contributed by atoms with Gasteiger partial charge in [0.25, 0.3) is 0 Å². The molecular weight excluding hydrogens is 276 g/mol. The van der Waals surface area contributed by atoms with Gasteiger partial charge in [-0.3, -0.25) is 0 Å². The summed E-state index contributed by atoms with van der Waals surface area (Å²) in [6.07, 6.45) is 4.93. The fourth-order valence-electron chi connectivity index (χ4n) is 1.01. The highest BCUT2D eigenvalue weighted by molar-refractivity contribution is 7.90. The lowest BCUT2D eigenvalue weighted by Crippen LogP contribution is -1.95. The van der Waals surface area contributed by atoms with Crippen molar-refractivity contribution in [1.82, 2.24) is 0 Å². The van der Waals surface area contributed by atoms with Crippen LogP contribution in [0.4, 0.5) is 0 Å². The third-order valence-corrected chi connectivity index (χ3v) is 3.30. The van der Waals surface area contributed by atoms with Gasteiger partial charge < -0.3 is 0 Å². The molecule has 0 amide bonds. The summed E-state index contributed by atoms with van der Waals surface area (Å²) in [5.74, 6) is 0.827. The molecule has 0 saturated carbocycles. The lowest BCUT2D eigenvalue weighted by atomic mass is 10.3. The van der Waals surface area contributed by atoms with E-state index < -0.39 is 9.84 Å². The molecule has 0 bridgehead atoms. The van der Waals surface area contributed by atoms with Gasteiger partial charge in [-0.15, -0.1) is 11.6 Å². The number of hydrogen-bond acceptors (Lipinski definition) is 2. The summed E-state index contributed by atoms with van der Waals surface area (Å²) in [5.41, 5.74) is 0. The summed E-state index contributed by atoms with van der Waals surface area (Å²) in [4.78, 5) is 0.370. The first kappa shape index (κ1) is 19.2. The van der Waals surface area contributed by atoms with Crippen molar-refractivity contribution >= 4 is 34.9 Å². The zero-order valence-electron chi connectivity index (χ0n) is 10.3. The van der Waals surface area contributed by atoms with E-state index in [1.165, 1.54) is 25.5 Å². The Labute approximate surface area is 117 Å². The van der Waals surface area contributed by atoms with E-state index in [0.29, 0.717) is 4.90 Å². The van der Waals surface area contributed by atoms with Crippen molar-refractivity contribution < 1.29 is 8.42 Å². The average Bonchev–Trinajstić information content (AvgIpc) is 2.27. The maximum atomic E-state index is 10.8. The van der Waals surface area contributed by atoms with Crippen LogP contribution in [-0.4, -0.2) is 20.6 Å². The van der Waals surface area contributed by atoms with E-state index in [0.717, 1.165) is 5.88 Å². The molecule has 0 saturated heterocycles. The van der Waals surface area contributed by atoms with E-state index in [2.05, 4.69) is 6.92 Å². The number of alkyl halides is 1. The molecule has 5 heteroatoms. The first-order valence-corrected chi connectivity index (χ1v) is 7.76. The van der Waals surface area contributed by atoms with Crippen LogP contribution in [0.3, 0.4) is 0 Å². The Hall–Kier alpha value is -0.190. The van der Waals surface area contributed by atoms with Crippen molar-refractivity contribution in [1.29, 1.82) is 0 Å². The molecule has 0 heterocycles. The summed E-state index contributed by atoms with van der Waals surface area (Å²) in [5, 5.41) is 0. The van der Waals surface area contributed by atoms with Crippen LogP contribution in [-0.2, 0) is 9.84 Å². The Kier molecular flexibility index (Phi) is 12.3. The van der Waals surface area contributed by atoms with Crippen LogP contribution < -0.4 is 0 Å². The second-order valence-electron chi connectivity index (χ2n) is 3.48. The standard InChI is InChI=1S/C7H8O2S.C5H11Cl.H2S/c1-10(8,9)7-5-3-2-4-6-7;1-2-3-4-5-6;/h2-6H,1H3;2-5H2,1H3;1H2. The molecule has 100 valence electrons. The molecule has 1 rings (SSSR count). The highest BCUT2D eigenvalue weighted by Gasteiger charge is 2.02. The lowest BCUT2D eigenvalue weighted by molar-refractivity contribution is 0.602. The molecule has 0 unspecified atom stereocenters. The van der Waals surface area contributed by atoms with Gasteiger partial charge in [0.2, 0.25) is 0 Å². The fraction of sp³-hybridized carbons (Fsp3) is 0.500. The molecule has 17 heavy (non-hydrogen) atoms. The molecule has 0 atom stereocenters.